The van der Waals surface area contributed by atoms with E-state index in [4.69, 9.17) is 0 Å². The second-order valence-electron chi connectivity index (χ2n) is 6.86. The molecule has 0 amide bonds. The first-order valence-corrected chi connectivity index (χ1v) is 8.06. The molecule has 2 heteroatoms. The normalized spacial score (nSPS) is 30.2. The van der Waals surface area contributed by atoms with Crippen LogP contribution in [0.5, 0.6) is 0 Å². The number of hydrogen-bond donors (Lipinski definition) is 1. The maximum Gasteiger partial charge on any atom is 0.0555 e. The van der Waals surface area contributed by atoms with Crippen LogP contribution in [0.2, 0.25) is 0 Å². The van der Waals surface area contributed by atoms with Crippen molar-refractivity contribution in [3.63, 3.8) is 0 Å². The smallest absolute Gasteiger partial charge is 0.0555 e. The Kier molecular flexibility index (Phi) is 2.71. The quantitative estimate of drug-likeness (QED) is 0.818. The van der Waals surface area contributed by atoms with Crippen molar-refractivity contribution in [2.24, 2.45) is 5.41 Å². The summed E-state index contributed by atoms with van der Waals surface area (Å²) in [4.78, 5) is 6.49. The summed E-state index contributed by atoms with van der Waals surface area (Å²) >= 11 is 0. The van der Waals surface area contributed by atoms with Gasteiger partial charge in [0.1, 0.15) is 0 Å². The molecule has 0 spiro atoms. The zero-order chi connectivity index (χ0) is 13.7. The first-order valence-electron chi connectivity index (χ1n) is 8.06. The topological polar surface area (TPSA) is 19.0 Å². The molecule has 3 heterocycles. The molecular weight excluding hydrogens is 244 g/mol. The van der Waals surface area contributed by atoms with Gasteiger partial charge in [-0.15, -0.1) is 0 Å². The third-order valence-corrected chi connectivity index (χ3v) is 5.80. The Balaban J connectivity index is 1.91. The standard InChI is InChI=1S/C18H24N2/c1-3-18(2)10-6-11-20-12-9-14-13-7-4-5-8-15(13)19-16(14)17(18)20/h4-5,7-8,17,19H,3,6,9-12H2,1-2H3. The Morgan fingerprint density at radius 3 is 3.00 bits per heavy atom. The number of rotatable bonds is 1. The number of aromatic nitrogens is 1. The number of nitrogens with one attached hydrogen (secondary N) is 1. The Labute approximate surface area is 121 Å². The van der Waals surface area contributed by atoms with E-state index in [-0.39, 0.29) is 0 Å². The Hall–Kier alpha value is -1.28. The first-order chi connectivity index (χ1) is 9.73. The van der Waals surface area contributed by atoms with E-state index in [1.807, 2.05) is 0 Å². The second-order valence-corrected chi connectivity index (χ2v) is 6.86. The fraction of sp³-hybridized carbons (Fsp3) is 0.556. The monoisotopic (exact) mass is 268 g/mol. The van der Waals surface area contributed by atoms with Gasteiger partial charge in [-0.1, -0.05) is 32.0 Å². The Morgan fingerprint density at radius 2 is 2.15 bits per heavy atom. The second kappa shape index (κ2) is 4.36. The molecule has 1 saturated heterocycles. The average Bonchev–Trinajstić information content (AvgIpc) is 2.85. The molecule has 20 heavy (non-hydrogen) atoms. The van der Waals surface area contributed by atoms with Crippen LogP contribution in [-0.4, -0.2) is 23.0 Å². The van der Waals surface area contributed by atoms with Gasteiger partial charge in [0.25, 0.3) is 0 Å². The lowest BCUT2D eigenvalue weighted by atomic mass is 9.69. The van der Waals surface area contributed by atoms with E-state index >= 15 is 0 Å². The number of fused-ring (bicyclic) bond motifs is 5. The third kappa shape index (κ3) is 1.61. The van der Waals surface area contributed by atoms with Crippen LogP contribution < -0.4 is 0 Å². The van der Waals surface area contributed by atoms with Gasteiger partial charge in [0.15, 0.2) is 0 Å². The third-order valence-electron chi connectivity index (χ3n) is 5.80. The number of hydrogen-bond acceptors (Lipinski definition) is 1. The van der Waals surface area contributed by atoms with Crippen molar-refractivity contribution >= 4 is 10.9 Å². The van der Waals surface area contributed by atoms with Crippen LogP contribution in [-0.2, 0) is 6.42 Å². The fourth-order valence-corrected chi connectivity index (χ4v) is 4.51. The largest absolute Gasteiger partial charge is 0.357 e. The highest BCUT2D eigenvalue weighted by Crippen LogP contribution is 2.50. The van der Waals surface area contributed by atoms with Gasteiger partial charge in [-0.25, -0.2) is 0 Å². The molecule has 1 aromatic heterocycles. The zero-order valence-electron chi connectivity index (χ0n) is 12.6. The van der Waals surface area contributed by atoms with Crippen LogP contribution in [0.4, 0.5) is 0 Å². The molecule has 1 aromatic carbocycles. The van der Waals surface area contributed by atoms with Gasteiger partial charge >= 0.3 is 0 Å². The van der Waals surface area contributed by atoms with E-state index in [1.54, 1.807) is 5.56 Å². The van der Waals surface area contributed by atoms with Gasteiger partial charge in [0.2, 0.25) is 0 Å². The number of H-pyrrole nitrogens is 1. The highest BCUT2D eigenvalue weighted by atomic mass is 15.2. The molecule has 106 valence electrons. The van der Waals surface area contributed by atoms with Crippen molar-refractivity contribution in [2.45, 2.75) is 45.6 Å². The highest BCUT2D eigenvalue weighted by molar-refractivity contribution is 5.85. The van der Waals surface area contributed by atoms with Gasteiger partial charge in [0.05, 0.1) is 6.04 Å². The molecule has 2 aliphatic rings. The van der Waals surface area contributed by atoms with Crippen LogP contribution in [0.1, 0.15) is 50.4 Å². The van der Waals surface area contributed by atoms with E-state index in [0.29, 0.717) is 11.5 Å². The summed E-state index contributed by atoms with van der Waals surface area (Å²) < 4.78 is 0. The predicted octanol–water partition coefficient (Wildman–Crippen LogP) is 4.28. The Morgan fingerprint density at radius 1 is 1.30 bits per heavy atom. The van der Waals surface area contributed by atoms with Crippen LogP contribution in [0, 0.1) is 5.41 Å². The summed E-state index contributed by atoms with van der Waals surface area (Å²) in [6, 6.07) is 9.42. The van der Waals surface area contributed by atoms with Crippen molar-refractivity contribution in [1.29, 1.82) is 0 Å². The van der Waals surface area contributed by atoms with Crippen LogP contribution in [0.25, 0.3) is 10.9 Å². The van der Waals surface area contributed by atoms with Crippen LogP contribution >= 0.6 is 0 Å². The molecule has 2 atom stereocenters. The zero-order valence-corrected chi connectivity index (χ0v) is 12.6. The van der Waals surface area contributed by atoms with Gasteiger partial charge in [-0.3, -0.25) is 4.90 Å². The van der Waals surface area contributed by atoms with Crippen molar-refractivity contribution in [1.82, 2.24) is 9.88 Å². The maximum atomic E-state index is 3.76. The molecule has 2 nitrogen and oxygen atoms in total. The Bertz CT molecular complexity index is 642. The SMILES string of the molecule is CCC1(C)CCCN2CCc3c([nH]c4ccccc34)C21. The van der Waals surface area contributed by atoms with Crippen molar-refractivity contribution in [3.05, 3.63) is 35.5 Å². The highest BCUT2D eigenvalue weighted by Gasteiger charge is 2.44. The minimum Gasteiger partial charge on any atom is -0.357 e. The van der Waals surface area contributed by atoms with Gasteiger partial charge in [-0.05, 0) is 49.3 Å². The van der Waals surface area contributed by atoms with Crippen molar-refractivity contribution in [3.8, 4) is 0 Å². The summed E-state index contributed by atoms with van der Waals surface area (Å²) in [6.07, 6.45) is 5.19. The lowest BCUT2D eigenvalue weighted by molar-refractivity contribution is 0.0117. The van der Waals surface area contributed by atoms with E-state index < -0.39 is 0 Å². The molecule has 0 radical (unpaired) electrons. The van der Waals surface area contributed by atoms with Crippen LogP contribution in [0.15, 0.2) is 24.3 Å². The molecule has 2 unspecified atom stereocenters. The molecular formula is C18H24N2. The lowest BCUT2D eigenvalue weighted by Crippen LogP contribution is -2.47. The molecule has 0 aliphatic carbocycles. The van der Waals surface area contributed by atoms with Gasteiger partial charge < -0.3 is 4.98 Å². The average molecular weight is 268 g/mol. The molecule has 1 fully saturated rings. The number of aromatic amines is 1. The molecule has 0 saturated carbocycles. The van der Waals surface area contributed by atoms with E-state index in [0.717, 1.165) is 0 Å². The fourth-order valence-electron chi connectivity index (χ4n) is 4.51. The molecule has 4 rings (SSSR count). The summed E-state index contributed by atoms with van der Waals surface area (Å²) in [6.45, 7) is 7.36. The first kappa shape index (κ1) is 12.5. The minimum absolute atomic E-state index is 0.425. The van der Waals surface area contributed by atoms with Crippen molar-refractivity contribution in [2.75, 3.05) is 13.1 Å². The minimum atomic E-state index is 0.425. The number of piperidine rings is 1. The summed E-state index contributed by atoms with van der Waals surface area (Å²) in [7, 11) is 0. The van der Waals surface area contributed by atoms with E-state index in [2.05, 4.69) is 48.0 Å². The number of para-hydroxylation sites is 1. The summed E-state index contributed by atoms with van der Waals surface area (Å²) in [5.41, 5.74) is 4.85. The van der Waals surface area contributed by atoms with Gasteiger partial charge in [-0.2, -0.15) is 0 Å². The van der Waals surface area contributed by atoms with Crippen LogP contribution in [0.3, 0.4) is 0 Å². The van der Waals surface area contributed by atoms with Gasteiger partial charge in [0, 0.05) is 23.1 Å². The maximum absolute atomic E-state index is 3.76. The molecule has 2 aromatic rings. The number of nitrogens with zero attached hydrogens (tertiary/aromatic N) is 1. The molecule has 1 N–H and O–H groups in total. The molecule has 0 bridgehead atoms. The molecule has 2 aliphatic heterocycles. The summed E-state index contributed by atoms with van der Waals surface area (Å²) in [5.74, 6) is 0. The summed E-state index contributed by atoms with van der Waals surface area (Å²) in [5, 5.41) is 1.45. The van der Waals surface area contributed by atoms with Crippen molar-refractivity contribution < 1.29 is 0 Å². The van der Waals surface area contributed by atoms with E-state index in [1.165, 1.54) is 55.4 Å². The predicted molar refractivity (Wildman–Crippen MR) is 83.9 cm³/mol. The van der Waals surface area contributed by atoms with E-state index in [9.17, 15) is 0 Å². The number of benzene rings is 1. The lowest BCUT2D eigenvalue weighted by Gasteiger charge is -2.50.